The largest absolute Gasteiger partial charge is 0.422 e. The highest BCUT2D eigenvalue weighted by Gasteiger charge is 2.19. The van der Waals surface area contributed by atoms with Crippen molar-refractivity contribution in [1.82, 2.24) is 9.38 Å². The molecule has 0 spiro atoms. The van der Waals surface area contributed by atoms with Gasteiger partial charge < -0.3 is 9.14 Å². The lowest BCUT2D eigenvalue weighted by Crippen LogP contribution is -2.09. The number of nitrogens with zero attached hydrogens (tertiary/aromatic N) is 2. The zero-order valence-electron chi connectivity index (χ0n) is 14.3. The minimum absolute atomic E-state index is 0.189. The average molecular weight is 334 g/mol. The van der Waals surface area contributed by atoms with Gasteiger partial charge in [-0.05, 0) is 31.6 Å². The summed E-state index contributed by atoms with van der Waals surface area (Å²) in [5, 5.41) is 0. The molecule has 0 aliphatic heterocycles. The second kappa shape index (κ2) is 6.73. The maximum atomic E-state index is 12.6. The van der Waals surface area contributed by atoms with Crippen LogP contribution in [0.2, 0.25) is 0 Å². The summed E-state index contributed by atoms with van der Waals surface area (Å²) in [6, 6.07) is 11.2. The Bertz CT molecular complexity index is 985. The van der Waals surface area contributed by atoms with Gasteiger partial charge in [-0.2, -0.15) is 0 Å². The van der Waals surface area contributed by atoms with E-state index in [0.717, 1.165) is 17.0 Å². The van der Waals surface area contributed by atoms with Crippen molar-refractivity contribution in [3.63, 3.8) is 0 Å². The number of esters is 1. The highest BCUT2D eigenvalue weighted by atomic mass is 16.5. The van der Waals surface area contributed by atoms with Crippen molar-refractivity contribution in [2.24, 2.45) is 0 Å². The normalized spacial score (nSPS) is 11.2. The number of ketones is 1. The number of carbonyl (C=O) groups is 2. The van der Waals surface area contributed by atoms with Crippen LogP contribution in [0.4, 0.5) is 0 Å². The van der Waals surface area contributed by atoms with Crippen molar-refractivity contribution < 1.29 is 14.3 Å². The van der Waals surface area contributed by atoms with Gasteiger partial charge in [0.05, 0.1) is 11.3 Å². The van der Waals surface area contributed by atoms with E-state index in [2.05, 4.69) is 4.98 Å². The van der Waals surface area contributed by atoms with E-state index >= 15 is 0 Å². The summed E-state index contributed by atoms with van der Waals surface area (Å²) >= 11 is 0. The second-order valence-corrected chi connectivity index (χ2v) is 5.74. The van der Waals surface area contributed by atoms with E-state index in [1.54, 1.807) is 18.3 Å². The third-order valence-corrected chi connectivity index (χ3v) is 3.96. The number of rotatable bonds is 4. The third-order valence-electron chi connectivity index (χ3n) is 3.96. The lowest BCUT2D eigenvalue weighted by molar-refractivity contribution is -0.131. The van der Waals surface area contributed by atoms with Gasteiger partial charge in [0.25, 0.3) is 0 Å². The van der Waals surface area contributed by atoms with Crippen LogP contribution in [0, 0.1) is 13.8 Å². The van der Waals surface area contributed by atoms with Gasteiger partial charge in [-0.3, -0.25) is 9.59 Å². The van der Waals surface area contributed by atoms with E-state index in [1.165, 1.54) is 13.0 Å². The Labute approximate surface area is 145 Å². The molecule has 0 fully saturated rings. The number of benzene rings is 1. The van der Waals surface area contributed by atoms with Gasteiger partial charge in [-0.1, -0.05) is 36.4 Å². The number of ether oxygens (including phenoxy) is 1. The summed E-state index contributed by atoms with van der Waals surface area (Å²) < 4.78 is 7.13. The molecule has 0 aliphatic rings. The molecule has 1 aromatic carbocycles. The SMILES string of the molecule is CC(=O)Oc1c(C(=O)/C=C/c2ccccc2)ccn2c(C)c(C)nc12. The Kier molecular flexibility index (Phi) is 4.48. The Hall–Kier alpha value is -3.21. The molecule has 3 aromatic rings. The molecule has 0 atom stereocenters. The predicted octanol–water partition coefficient (Wildman–Crippen LogP) is 3.77. The Morgan fingerprint density at radius 2 is 1.84 bits per heavy atom. The monoisotopic (exact) mass is 334 g/mol. The van der Waals surface area contributed by atoms with Gasteiger partial charge in [0.1, 0.15) is 0 Å². The van der Waals surface area contributed by atoms with Crippen LogP contribution in [-0.2, 0) is 4.79 Å². The summed E-state index contributed by atoms with van der Waals surface area (Å²) in [6.07, 6.45) is 4.96. The number of pyridine rings is 1. The third kappa shape index (κ3) is 3.35. The van der Waals surface area contributed by atoms with Gasteiger partial charge in [0, 0.05) is 18.8 Å². The van der Waals surface area contributed by atoms with Crippen LogP contribution in [0.15, 0.2) is 48.7 Å². The maximum Gasteiger partial charge on any atom is 0.308 e. The minimum Gasteiger partial charge on any atom is -0.422 e. The fourth-order valence-electron chi connectivity index (χ4n) is 2.58. The van der Waals surface area contributed by atoms with Crippen molar-refractivity contribution in [3.8, 4) is 5.75 Å². The van der Waals surface area contributed by atoms with Gasteiger partial charge in [0.2, 0.25) is 0 Å². The second-order valence-electron chi connectivity index (χ2n) is 5.74. The van der Waals surface area contributed by atoms with Gasteiger partial charge in [0.15, 0.2) is 17.2 Å². The van der Waals surface area contributed by atoms with Crippen molar-refractivity contribution in [2.75, 3.05) is 0 Å². The van der Waals surface area contributed by atoms with E-state index in [1.807, 2.05) is 48.6 Å². The topological polar surface area (TPSA) is 60.7 Å². The molecule has 0 saturated heterocycles. The molecule has 5 heteroatoms. The van der Waals surface area contributed by atoms with E-state index in [-0.39, 0.29) is 11.5 Å². The van der Waals surface area contributed by atoms with E-state index in [4.69, 9.17) is 4.74 Å². The molecule has 2 heterocycles. The summed E-state index contributed by atoms with van der Waals surface area (Å²) in [7, 11) is 0. The van der Waals surface area contributed by atoms with Gasteiger partial charge in [-0.15, -0.1) is 0 Å². The van der Waals surface area contributed by atoms with Crippen LogP contribution >= 0.6 is 0 Å². The molecule has 25 heavy (non-hydrogen) atoms. The number of hydrogen-bond acceptors (Lipinski definition) is 4. The number of fused-ring (bicyclic) bond motifs is 1. The minimum atomic E-state index is -0.493. The fourth-order valence-corrected chi connectivity index (χ4v) is 2.58. The van der Waals surface area contributed by atoms with Crippen molar-refractivity contribution >= 4 is 23.5 Å². The van der Waals surface area contributed by atoms with Gasteiger partial charge >= 0.3 is 5.97 Å². The van der Waals surface area contributed by atoms with Crippen LogP contribution in [0.1, 0.15) is 34.2 Å². The van der Waals surface area contributed by atoms with Crippen LogP contribution in [0.3, 0.4) is 0 Å². The van der Waals surface area contributed by atoms with Crippen molar-refractivity contribution in [3.05, 3.63) is 71.2 Å². The van der Waals surface area contributed by atoms with Crippen LogP contribution in [0.25, 0.3) is 11.7 Å². The molecule has 0 unspecified atom stereocenters. The van der Waals surface area contributed by atoms with Gasteiger partial charge in [-0.25, -0.2) is 4.98 Å². The Balaban J connectivity index is 2.07. The Morgan fingerprint density at radius 3 is 2.52 bits per heavy atom. The van der Waals surface area contributed by atoms with Crippen molar-refractivity contribution in [2.45, 2.75) is 20.8 Å². The van der Waals surface area contributed by atoms with Crippen LogP contribution in [0.5, 0.6) is 5.75 Å². The summed E-state index contributed by atoms with van der Waals surface area (Å²) in [5.41, 5.74) is 3.43. The van der Waals surface area contributed by atoms with Crippen LogP contribution in [-0.4, -0.2) is 21.1 Å². The van der Waals surface area contributed by atoms with E-state index < -0.39 is 5.97 Å². The lowest BCUT2D eigenvalue weighted by atomic mass is 10.1. The summed E-state index contributed by atoms with van der Waals surface area (Å²) in [4.78, 5) is 28.6. The first-order valence-electron chi connectivity index (χ1n) is 7.91. The zero-order chi connectivity index (χ0) is 18.0. The number of aryl methyl sites for hydroxylation is 2. The molecule has 0 N–H and O–H groups in total. The number of hydrogen-bond donors (Lipinski definition) is 0. The Morgan fingerprint density at radius 1 is 1.12 bits per heavy atom. The predicted molar refractivity (Wildman–Crippen MR) is 95.8 cm³/mol. The summed E-state index contributed by atoms with van der Waals surface area (Å²) in [6.45, 7) is 5.10. The number of imidazole rings is 1. The van der Waals surface area contributed by atoms with Crippen molar-refractivity contribution in [1.29, 1.82) is 0 Å². The first kappa shape index (κ1) is 16.6. The summed E-state index contributed by atoms with van der Waals surface area (Å²) in [5.74, 6) is -0.553. The molecule has 5 nitrogen and oxygen atoms in total. The smallest absolute Gasteiger partial charge is 0.308 e. The fraction of sp³-hybridized carbons (Fsp3) is 0.150. The highest BCUT2D eigenvalue weighted by molar-refractivity contribution is 6.10. The maximum absolute atomic E-state index is 12.6. The molecule has 0 aliphatic carbocycles. The molecule has 0 saturated carbocycles. The standard InChI is InChI=1S/C20H18N2O3/c1-13-14(2)22-12-11-17(19(20(22)21-13)25-15(3)23)18(24)10-9-16-7-5-4-6-8-16/h4-12H,1-3H3/b10-9+. The van der Waals surface area contributed by atoms with Crippen LogP contribution < -0.4 is 4.74 Å². The number of allylic oxidation sites excluding steroid dienone is 1. The average Bonchev–Trinajstić information content (AvgIpc) is 2.89. The molecule has 0 amide bonds. The molecule has 3 rings (SSSR count). The molecule has 126 valence electrons. The molecule has 0 bridgehead atoms. The highest BCUT2D eigenvalue weighted by Crippen LogP contribution is 2.27. The number of aromatic nitrogens is 2. The zero-order valence-corrected chi connectivity index (χ0v) is 14.3. The number of carbonyl (C=O) groups excluding carboxylic acids is 2. The molecule has 0 radical (unpaired) electrons. The van der Waals surface area contributed by atoms with E-state index in [0.29, 0.717) is 11.2 Å². The van der Waals surface area contributed by atoms with E-state index in [9.17, 15) is 9.59 Å². The molecular weight excluding hydrogens is 316 g/mol. The molecular formula is C20H18N2O3. The molecule has 2 aromatic heterocycles. The quantitative estimate of drug-likeness (QED) is 0.414. The lowest BCUT2D eigenvalue weighted by Gasteiger charge is -2.08. The first-order chi connectivity index (χ1) is 12.0. The first-order valence-corrected chi connectivity index (χ1v) is 7.91.